The standard InChI is InChI=1S/C9H3ClF6O2/c10-6-1-3(7(17)18)4(8(11,12)13)2-5(6)9(14,15)16/h1-2H,(H,17,18). The third-order valence-corrected chi connectivity index (χ3v) is 2.26. The minimum Gasteiger partial charge on any atom is -0.478 e. The zero-order chi connectivity index (χ0) is 14.3. The Hall–Kier alpha value is -1.44. The molecule has 1 rings (SSSR count). The van der Waals surface area contributed by atoms with Crippen LogP contribution in [0, 0.1) is 0 Å². The molecule has 9 heteroatoms. The van der Waals surface area contributed by atoms with Crippen LogP contribution in [0.4, 0.5) is 26.3 Å². The van der Waals surface area contributed by atoms with Crippen molar-refractivity contribution in [1.82, 2.24) is 0 Å². The van der Waals surface area contributed by atoms with Crippen molar-refractivity contribution in [3.05, 3.63) is 33.8 Å². The highest BCUT2D eigenvalue weighted by molar-refractivity contribution is 6.31. The first kappa shape index (κ1) is 14.6. The molecule has 1 aromatic rings. The van der Waals surface area contributed by atoms with Crippen molar-refractivity contribution in [2.75, 3.05) is 0 Å². The number of carbonyl (C=O) groups is 1. The maximum absolute atomic E-state index is 12.4. The highest BCUT2D eigenvalue weighted by Crippen LogP contribution is 2.40. The molecule has 0 aliphatic carbocycles. The number of alkyl halides is 6. The van der Waals surface area contributed by atoms with Crippen molar-refractivity contribution in [3.63, 3.8) is 0 Å². The molecule has 0 aliphatic rings. The summed E-state index contributed by atoms with van der Waals surface area (Å²) in [6.07, 6.45) is -10.3. The quantitative estimate of drug-likeness (QED) is 0.792. The lowest BCUT2D eigenvalue weighted by molar-refractivity contribution is -0.143. The summed E-state index contributed by atoms with van der Waals surface area (Å²) in [5.41, 5.74) is -4.96. The average molecular weight is 293 g/mol. The summed E-state index contributed by atoms with van der Waals surface area (Å²) in [6.45, 7) is 0. The normalized spacial score (nSPS) is 12.6. The predicted octanol–water partition coefficient (Wildman–Crippen LogP) is 4.08. The maximum atomic E-state index is 12.4. The van der Waals surface area contributed by atoms with E-state index < -0.39 is 40.0 Å². The van der Waals surface area contributed by atoms with Crippen molar-refractivity contribution in [3.8, 4) is 0 Å². The van der Waals surface area contributed by atoms with Gasteiger partial charge in [0.05, 0.1) is 21.7 Å². The maximum Gasteiger partial charge on any atom is 0.417 e. The molecule has 0 aromatic heterocycles. The number of aromatic carboxylic acids is 1. The van der Waals surface area contributed by atoms with Crippen LogP contribution in [0.15, 0.2) is 12.1 Å². The summed E-state index contributed by atoms with van der Waals surface area (Å²) >= 11 is 5.13. The molecule has 0 heterocycles. The largest absolute Gasteiger partial charge is 0.478 e. The lowest BCUT2D eigenvalue weighted by Crippen LogP contribution is -2.16. The van der Waals surface area contributed by atoms with E-state index in [4.69, 9.17) is 16.7 Å². The van der Waals surface area contributed by atoms with Gasteiger partial charge in [-0.15, -0.1) is 0 Å². The number of carboxylic acid groups (broad SMARTS) is 1. The van der Waals surface area contributed by atoms with Gasteiger partial charge in [0.25, 0.3) is 0 Å². The highest BCUT2D eigenvalue weighted by Gasteiger charge is 2.41. The average Bonchev–Trinajstić information content (AvgIpc) is 2.12. The van der Waals surface area contributed by atoms with Crippen LogP contribution >= 0.6 is 11.6 Å². The van der Waals surface area contributed by atoms with Gasteiger partial charge in [-0.2, -0.15) is 26.3 Å². The van der Waals surface area contributed by atoms with E-state index in [-0.39, 0.29) is 12.1 Å². The molecule has 18 heavy (non-hydrogen) atoms. The predicted molar refractivity (Wildman–Crippen MR) is 48.4 cm³/mol. The van der Waals surface area contributed by atoms with Gasteiger partial charge in [0.15, 0.2) is 0 Å². The van der Waals surface area contributed by atoms with Crippen molar-refractivity contribution < 1.29 is 36.2 Å². The van der Waals surface area contributed by atoms with E-state index in [1.807, 2.05) is 0 Å². The van der Waals surface area contributed by atoms with Crippen molar-refractivity contribution >= 4 is 17.6 Å². The number of rotatable bonds is 1. The Kier molecular flexibility index (Phi) is 3.53. The molecule has 0 amide bonds. The molecule has 0 atom stereocenters. The number of hydrogen-bond donors (Lipinski definition) is 1. The van der Waals surface area contributed by atoms with E-state index in [1.54, 1.807) is 0 Å². The Morgan fingerprint density at radius 1 is 1.00 bits per heavy atom. The Morgan fingerprint density at radius 3 is 1.78 bits per heavy atom. The fourth-order valence-electron chi connectivity index (χ4n) is 1.20. The van der Waals surface area contributed by atoms with E-state index in [1.165, 1.54) is 0 Å². The summed E-state index contributed by atoms with van der Waals surface area (Å²) in [4.78, 5) is 10.5. The summed E-state index contributed by atoms with van der Waals surface area (Å²) in [5.74, 6) is -2.02. The SMILES string of the molecule is O=C(O)c1cc(Cl)c(C(F)(F)F)cc1C(F)(F)F. The van der Waals surface area contributed by atoms with Gasteiger partial charge in [-0.05, 0) is 12.1 Å². The van der Waals surface area contributed by atoms with E-state index in [2.05, 4.69) is 0 Å². The van der Waals surface area contributed by atoms with E-state index in [0.29, 0.717) is 0 Å². The Balaban J connectivity index is 3.62. The summed E-state index contributed by atoms with van der Waals surface area (Å²) in [6, 6.07) is -0.179. The number of hydrogen-bond acceptors (Lipinski definition) is 1. The number of benzene rings is 1. The fourth-order valence-corrected chi connectivity index (χ4v) is 1.47. The van der Waals surface area contributed by atoms with Gasteiger partial charge in [-0.1, -0.05) is 11.6 Å². The lowest BCUT2D eigenvalue weighted by Gasteiger charge is -2.15. The van der Waals surface area contributed by atoms with Gasteiger partial charge in [0.1, 0.15) is 0 Å². The molecule has 100 valence electrons. The van der Waals surface area contributed by atoms with Crippen LogP contribution in [0.25, 0.3) is 0 Å². The minimum absolute atomic E-state index is 0.134. The highest BCUT2D eigenvalue weighted by atomic mass is 35.5. The van der Waals surface area contributed by atoms with E-state index in [0.717, 1.165) is 0 Å². The van der Waals surface area contributed by atoms with Crippen molar-refractivity contribution in [2.45, 2.75) is 12.4 Å². The first-order valence-corrected chi connectivity index (χ1v) is 4.53. The second kappa shape index (κ2) is 4.34. The van der Waals surface area contributed by atoms with Crippen LogP contribution in [0.2, 0.25) is 5.02 Å². The van der Waals surface area contributed by atoms with E-state index in [9.17, 15) is 31.1 Å². The molecular formula is C9H3ClF6O2. The third kappa shape index (κ3) is 2.87. The molecular weight excluding hydrogens is 290 g/mol. The molecule has 0 aliphatic heterocycles. The first-order valence-electron chi connectivity index (χ1n) is 4.16. The van der Waals surface area contributed by atoms with Crippen LogP contribution in [0.5, 0.6) is 0 Å². The third-order valence-electron chi connectivity index (χ3n) is 1.95. The van der Waals surface area contributed by atoms with Crippen LogP contribution in [-0.4, -0.2) is 11.1 Å². The van der Waals surface area contributed by atoms with Crippen LogP contribution < -0.4 is 0 Å². The second-order valence-corrected chi connectivity index (χ2v) is 3.59. The Morgan fingerprint density at radius 2 is 1.44 bits per heavy atom. The zero-order valence-corrected chi connectivity index (χ0v) is 8.91. The molecule has 0 unspecified atom stereocenters. The van der Waals surface area contributed by atoms with Gasteiger partial charge in [0, 0.05) is 0 Å². The summed E-state index contributed by atoms with van der Waals surface area (Å²) < 4.78 is 74.4. The lowest BCUT2D eigenvalue weighted by atomic mass is 10.0. The van der Waals surface area contributed by atoms with Crippen LogP contribution in [0.1, 0.15) is 21.5 Å². The monoisotopic (exact) mass is 292 g/mol. The van der Waals surface area contributed by atoms with Crippen LogP contribution in [0.3, 0.4) is 0 Å². The van der Waals surface area contributed by atoms with Crippen molar-refractivity contribution in [1.29, 1.82) is 0 Å². The van der Waals surface area contributed by atoms with Gasteiger partial charge in [-0.3, -0.25) is 0 Å². The van der Waals surface area contributed by atoms with Gasteiger partial charge in [-0.25, -0.2) is 4.79 Å². The van der Waals surface area contributed by atoms with Gasteiger partial charge >= 0.3 is 18.3 Å². The summed E-state index contributed by atoms with van der Waals surface area (Å²) in [5, 5.41) is 7.40. The smallest absolute Gasteiger partial charge is 0.417 e. The molecule has 1 aromatic carbocycles. The second-order valence-electron chi connectivity index (χ2n) is 3.18. The van der Waals surface area contributed by atoms with Crippen molar-refractivity contribution in [2.24, 2.45) is 0 Å². The first-order chi connectivity index (χ1) is 7.94. The number of carboxylic acids is 1. The molecule has 1 N–H and O–H groups in total. The van der Waals surface area contributed by atoms with E-state index >= 15 is 0 Å². The molecule has 0 radical (unpaired) electrons. The molecule has 0 fully saturated rings. The van der Waals surface area contributed by atoms with Gasteiger partial charge < -0.3 is 5.11 Å². The molecule has 0 saturated carbocycles. The molecule has 0 bridgehead atoms. The van der Waals surface area contributed by atoms with Gasteiger partial charge in [0.2, 0.25) is 0 Å². The Labute approximate surface area is 101 Å². The number of halogens is 7. The van der Waals surface area contributed by atoms with Crippen LogP contribution in [-0.2, 0) is 12.4 Å². The fraction of sp³-hybridized carbons (Fsp3) is 0.222. The molecule has 0 saturated heterocycles. The Bertz CT molecular complexity index is 491. The summed E-state index contributed by atoms with van der Waals surface area (Å²) in [7, 11) is 0. The molecule has 0 spiro atoms. The zero-order valence-electron chi connectivity index (χ0n) is 8.16. The topological polar surface area (TPSA) is 37.3 Å². The minimum atomic E-state index is -5.22. The molecule has 2 nitrogen and oxygen atoms in total.